The van der Waals surface area contributed by atoms with Gasteiger partial charge in [0.1, 0.15) is 0 Å². The van der Waals surface area contributed by atoms with Crippen molar-refractivity contribution < 1.29 is 14.3 Å². The summed E-state index contributed by atoms with van der Waals surface area (Å²) >= 11 is 1.46. The first-order valence-electron chi connectivity index (χ1n) is 8.37. The monoisotopic (exact) mass is 386 g/mol. The quantitative estimate of drug-likeness (QED) is 0.680. The molecule has 1 atom stereocenters. The Hall–Kier alpha value is -2.71. The summed E-state index contributed by atoms with van der Waals surface area (Å²) in [6, 6.07) is 5.27. The van der Waals surface area contributed by atoms with Gasteiger partial charge in [-0.25, -0.2) is 19.3 Å². The molecule has 0 fully saturated rings. The molecule has 1 unspecified atom stereocenters. The summed E-state index contributed by atoms with van der Waals surface area (Å²) in [5.41, 5.74) is 4.50. The van der Waals surface area contributed by atoms with E-state index in [1.54, 1.807) is 23.7 Å². The maximum Gasteiger partial charge on any atom is 0.251 e. The normalized spacial score (nSPS) is 12.0. The number of aryl methyl sites for hydroxylation is 2. The van der Waals surface area contributed by atoms with E-state index in [9.17, 15) is 14.3 Å². The molecule has 2 N–H and O–H groups in total. The Morgan fingerprint density at radius 3 is 2.63 bits per heavy atom. The van der Waals surface area contributed by atoms with Gasteiger partial charge in [0.25, 0.3) is 5.91 Å². The summed E-state index contributed by atoms with van der Waals surface area (Å²) in [7, 11) is 0. The number of carbonyl (C=O) groups excluding carboxylic acids is 1. The Morgan fingerprint density at radius 2 is 2.00 bits per heavy atom. The molecule has 0 radical (unpaired) electrons. The lowest BCUT2D eigenvalue weighted by Gasteiger charge is -2.15. The van der Waals surface area contributed by atoms with Crippen molar-refractivity contribution in [1.82, 2.24) is 20.3 Å². The second-order valence-corrected chi connectivity index (χ2v) is 7.03. The number of carbonyl (C=O) groups is 1. The lowest BCUT2D eigenvalue weighted by Crippen LogP contribution is -2.30. The molecule has 2 aromatic heterocycles. The van der Waals surface area contributed by atoms with Crippen LogP contribution >= 0.6 is 11.3 Å². The molecule has 8 heteroatoms. The molecule has 27 heavy (non-hydrogen) atoms. The third kappa shape index (κ3) is 4.35. The van der Waals surface area contributed by atoms with Crippen molar-refractivity contribution in [3.63, 3.8) is 0 Å². The average Bonchev–Trinajstić information content (AvgIpc) is 3.09. The first-order chi connectivity index (χ1) is 13.0. The highest BCUT2D eigenvalue weighted by atomic mass is 32.1. The fraction of sp³-hybridized carbons (Fsp3) is 0.263. The first-order valence-corrected chi connectivity index (χ1v) is 9.25. The van der Waals surface area contributed by atoms with E-state index in [0.717, 1.165) is 28.5 Å². The molecular formula is C19H19FN4O2S. The number of benzene rings is 1. The smallest absolute Gasteiger partial charge is 0.251 e. The number of amides is 1. The highest BCUT2D eigenvalue weighted by Gasteiger charge is 2.18. The van der Waals surface area contributed by atoms with Crippen molar-refractivity contribution in [1.29, 1.82) is 0 Å². The molecular weight excluding hydrogens is 367 g/mol. The standard InChI is InChI=1S/C19H19FN4O2S/c1-11-3-4-13(18-21-7-15(20)8-22-18)5-16(11)19(26)23-6-14(9-25)17-12(2)24-10-27-17/h3-5,7-8,10,14,25H,6,9H2,1-2H3,(H,23,26). The van der Waals surface area contributed by atoms with Crippen LogP contribution in [0.15, 0.2) is 36.1 Å². The van der Waals surface area contributed by atoms with Crippen LogP contribution in [0.2, 0.25) is 0 Å². The minimum absolute atomic E-state index is 0.0776. The number of nitrogens with zero attached hydrogens (tertiary/aromatic N) is 3. The minimum Gasteiger partial charge on any atom is -0.396 e. The van der Waals surface area contributed by atoms with E-state index < -0.39 is 5.82 Å². The number of aromatic nitrogens is 3. The van der Waals surface area contributed by atoms with Crippen LogP contribution in [0.5, 0.6) is 0 Å². The third-order valence-electron chi connectivity index (χ3n) is 4.24. The van der Waals surface area contributed by atoms with E-state index in [-0.39, 0.29) is 18.4 Å². The highest BCUT2D eigenvalue weighted by Crippen LogP contribution is 2.23. The largest absolute Gasteiger partial charge is 0.396 e. The van der Waals surface area contributed by atoms with Crippen molar-refractivity contribution in [2.75, 3.05) is 13.2 Å². The van der Waals surface area contributed by atoms with Crippen LogP contribution in [0.4, 0.5) is 4.39 Å². The second kappa shape index (κ2) is 8.32. The molecule has 6 nitrogen and oxygen atoms in total. The summed E-state index contributed by atoms with van der Waals surface area (Å²) in [5, 5.41) is 12.5. The lowest BCUT2D eigenvalue weighted by atomic mass is 10.0. The Kier molecular flexibility index (Phi) is 5.88. The van der Waals surface area contributed by atoms with E-state index in [0.29, 0.717) is 23.5 Å². The average molecular weight is 386 g/mol. The first kappa shape index (κ1) is 19.1. The predicted molar refractivity (Wildman–Crippen MR) is 101 cm³/mol. The van der Waals surface area contributed by atoms with Crippen molar-refractivity contribution in [2.24, 2.45) is 0 Å². The Morgan fingerprint density at radius 1 is 1.26 bits per heavy atom. The van der Waals surface area contributed by atoms with E-state index in [1.165, 1.54) is 11.3 Å². The van der Waals surface area contributed by atoms with Crippen molar-refractivity contribution >= 4 is 17.2 Å². The van der Waals surface area contributed by atoms with Crippen LogP contribution in [-0.4, -0.2) is 39.1 Å². The van der Waals surface area contributed by atoms with Crippen LogP contribution in [0.25, 0.3) is 11.4 Å². The molecule has 2 heterocycles. The van der Waals surface area contributed by atoms with Gasteiger partial charge >= 0.3 is 0 Å². The number of aliphatic hydroxyl groups is 1. The van der Waals surface area contributed by atoms with Gasteiger partial charge in [0, 0.05) is 28.5 Å². The number of hydrogen-bond acceptors (Lipinski definition) is 6. The van der Waals surface area contributed by atoms with Crippen LogP contribution in [0.1, 0.15) is 32.4 Å². The zero-order chi connectivity index (χ0) is 19.4. The molecule has 0 saturated heterocycles. The molecule has 0 saturated carbocycles. The summed E-state index contributed by atoms with van der Waals surface area (Å²) in [6.07, 6.45) is 2.18. The van der Waals surface area contributed by atoms with E-state index in [2.05, 4.69) is 20.3 Å². The van der Waals surface area contributed by atoms with Gasteiger partial charge in [-0.15, -0.1) is 11.3 Å². The lowest BCUT2D eigenvalue weighted by molar-refractivity contribution is 0.0947. The molecule has 140 valence electrons. The fourth-order valence-corrected chi connectivity index (χ4v) is 3.62. The molecule has 0 bridgehead atoms. The summed E-state index contributed by atoms with van der Waals surface area (Å²) in [4.78, 5) is 25.7. The van der Waals surface area contributed by atoms with Gasteiger partial charge in [-0.2, -0.15) is 0 Å². The highest BCUT2D eigenvalue weighted by molar-refractivity contribution is 7.09. The minimum atomic E-state index is -0.516. The zero-order valence-electron chi connectivity index (χ0n) is 14.9. The van der Waals surface area contributed by atoms with Gasteiger partial charge < -0.3 is 10.4 Å². The fourth-order valence-electron chi connectivity index (χ4n) is 2.72. The SMILES string of the molecule is Cc1ccc(-c2ncc(F)cn2)cc1C(=O)NCC(CO)c1scnc1C. The number of hydrogen-bond donors (Lipinski definition) is 2. The molecule has 1 amide bonds. The molecule has 0 spiro atoms. The van der Waals surface area contributed by atoms with Crippen LogP contribution in [0, 0.1) is 19.7 Å². The molecule has 1 aromatic carbocycles. The van der Waals surface area contributed by atoms with Crippen molar-refractivity contribution in [3.05, 3.63) is 63.6 Å². The van der Waals surface area contributed by atoms with Crippen LogP contribution in [0.3, 0.4) is 0 Å². The number of aliphatic hydroxyl groups excluding tert-OH is 1. The van der Waals surface area contributed by atoms with Crippen molar-refractivity contribution in [3.8, 4) is 11.4 Å². The van der Waals surface area contributed by atoms with E-state index in [1.807, 2.05) is 13.8 Å². The number of rotatable bonds is 6. The zero-order valence-corrected chi connectivity index (χ0v) is 15.8. The van der Waals surface area contributed by atoms with Gasteiger partial charge in [-0.1, -0.05) is 12.1 Å². The maximum absolute atomic E-state index is 13.0. The Bertz CT molecular complexity index is 943. The number of nitrogens with one attached hydrogen (secondary N) is 1. The Balaban J connectivity index is 1.77. The summed E-state index contributed by atoms with van der Waals surface area (Å²) < 4.78 is 13.0. The maximum atomic E-state index is 13.0. The van der Waals surface area contributed by atoms with Crippen LogP contribution in [-0.2, 0) is 0 Å². The molecule has 0 aliphatic rings. The summed E-state index contributed by atoms with van der Waals surface area (Å²) in [5.74, 6) is -0.626. The van der Waals surface area contributed by atoms with Gasteiger partial charge in [0.05, 0.1) is 30.2 Å². The van der Waals surface area contributed by atoms with Gasteiger partial charge in [-0.05, 0) is 25.5 Å². The second-order valence-electron chi connectivity index (χ2n) is 6.15. The molecule has 3 aromatic rings. The predicted octanol–water partition coefficient (Wildman–Crippen LogP) is 2.86. The van der Waals surface area contributed by atoms with Gasteiger partial charge in [-0.3, -0.25) is 4.79 Å². The van der Waals surface area contributed by atoms with E-state index >= 15 is 0 Å². The van der Waals surface area contributed by atoms with Gasteiger partial charge in [0.15, 0.2) is 11.6 Å². The van der Waals surface area contributed by atoms with E-state index in [4.69, 9.17) is 0 Å². The third-order valence-corrected chi connectivity index (χ3v) is 5.34. The molecule has 0 aliphatic heterocycles. The molecule has 3 rings (SSSR count). The van der Waals surface area contributed by atoms with Crippen molar-refractivity contribution in [2.45, 2.75) is 19.8 Å². The van der Waals surface area contributed by atoms with Gasteiger partial charge in [0.2, 0.25) is 0 Å². The Labute approximate surface area is 160 Å². The van der Waals surface area contributed by atoms with Crippen LogP contribution < -0.4 is 5.32 Å². The molecule has 0 aliphatic carbocycles. The number of thiazole rings is 1. The number of halogens is 1. The topological polar surface area (TPSA) is 88.0 Å². The summed E-state index contributed by atoms with van der Waals surface area (Å²) in [6.45, 7) is 3.94.